The normalized spacial score (nSPS) is 11.6. The molecule has 0 saturated heterocycles. The van der Waals surface area contributed by atoms with Crippen molar-refractivity contribution in [1.82, 2.24) is 20.1 Å². The largest absolute Gasteiger partial charge is 0.497 e. The average molecular weight is 454 g/mol. The Morgan fingerprint density at radius 3 is 2.53 bits per heavy atom. The third kappa shape index (κ3) is 5.67. The van der Waals surface area contributed by atoms with Crippen LogP contribution in [0.1, 0.15) is 41.6 Å². The monoisotopic (exact) mass is 453 g/mol. The van der Waals surface area contributed by atoms with E-state index < -0.39 is 0 Å². The number of rotatable bonds is 9. The van der Waals surface area contributed by atoms with Crippen LogP contribution in [0, 0.1) is 0 Å². The Morgan fingerprint density at radius 1 is 1.12 bits per heavy atom. The van der Waals surface area contributed by atoms with Crippen molar-refractivity contribution in [1.29, 1.82) is 0 Å². The molecule has 0 aliphatic carbocycles. The summed E-state index contributed by atoms with van der Waals surface area (Å²) in [4.78, 5) is 24.9. The Morgan fingerprint density at radius 2 is 1.84 bits per heavy atom. The Balaban J connectivity index is 1.58. The van der Waals surface area contributed by atoms with Crippen LogP contribution in [0.15, 0.2) is 53.7 Å². The number of aryl methyl sites for hydroxylation is 1. The van der Waals surface area contributed by atoms with Crippen LogP contribution in [0.25, 0.3) is 0 Å². The number of carbonyl (C=O) groups excluding carboxylic acids is 2. The number of hydrogen-bond donors (Lipinski definition) is 2. The molecule has 2 aromatic carbocycles. The summed E-state index contributed by atoms with van der Waals surface area (Å²) in [6.07, 6.45) is 0.844. The standard InChI is InChI=1S/C23H27N5O3S/c1-5-16-8-6-7-9-19(16)25-20(29)14-32-23-27-26-21(28(23)3)15(2)24-22(30)17-10-12-18(31-4)13-11-17/h6-13,15H,5,14H2,1-4H3,(H,24,30)(H,25,29)/t15-/m1/s1. The molecule has 0 fully saturated rings. The summed E-state index contributed by atoms with van der Waals surface area (Å²) in [5.74, 6) is 1.17. The maximum Gasteiger partial charge on any atom is 0.251 e. The van der Waals surface area contributed by atoms with E-state index in [1.165, 1.54) is 11.8 Å². The Kier molecular flexibility index (Phi) is 7.88. The lowest BCUT2D eigenvalue weighted by Gasteiger charge is -2.14. The van der Waals surface area contributed by atoms with Crippen molar-refractivity contribution in [2.24, 2.45) is 7.05 Å². The number of methoxy groups -OCH3 is 1. The third-order valence-corrected chi connectivity index (χ3v) is 5.98. The van der Waals surface area contributed by atoms with Gasteiger partial charge < -0.3 is 19.9 Å². The molecule has 1 atom stereocenters. The van der Waals surface area contributed by atoms with Crippen molar-refractivity contribution in [2.75, 3.05) is 18.2 Å². The number of aromatic nitrogens is 3. The molecule has 0 saturated carbocycles. The molecule has 0 aliphatic rings. The molecule has 2 amide bonds. The number of thioether (sulfide) groups is 1. The molecule has 168 valence electrons. The topological polar surface area (TPSA) is 98.1 Å². The Hall–Kier alpha value is -3.33. The van der Waals surface area contributed by atoms with Crippen molar-refractivity contribution in [3.8, 4) is 5.75 Å². The predicted octanol–water partition coefficient (Wildman–Crippen LogP) is 3.61. The molecular formula is C23H27N5O3S. The minimum absolute atomic E-state index is 0.110. The summed E-state index contributed by atoms with van der Waals surface area (Å²) in [5.41, 5.74) is 2.45. The van der Waals surface area contributed by atoms with Gasteiger partial charge in [-0.2, -0.15) is 0 Å². The zero-order chi connectivity index (χ0) is 23.1. The maximum atomic E-state index is 12.5. The van der Waals surface area contributed by atoms with E-state index in [0.29, 0.717) is 22.3 Å². The number of carbonyl (C=O) groups is 2. The molecule has 0 radical (unpaired) electrons. The van der Waals surface area contributed by atoms with Crippen LogP contribution in [0.3, 0.4) is 0 Å². The fourth-order valence-electron chi connectivity index (χ4n) is 3.18. The van der Waals surface area contributed by atoms with Crippen molar-refractivity contribution >= 4 is 29.3 Å². The summed E-state index contributed by atoms with van der Waals surface area (Å²) in [7, 11) is 3.40. The first kappa shape index (κ1) is 23.3. The van der Waals surface area contributed by atoms with Gasteiger partial charge in [0.15, 0.2) is 11.0 Å². The molecule has 3 rings (SSSR count). The lowest BCUT2D eigenvalue weighted by Crippen LogP contribution is -2.28. The first-order valence-corrected chi connectivity index (χ1v) is 11.3. The highest BCUT2D eigenvalue weighted by Gasteiger charge is 2.19. The van der Waals surface area contributed by atoms with Gasteiger partial charge in [-0.3, -0.25) is 9.59 Å². The number of nitrogens with one attached hydrogen (secondary N) is 2. The fraction of sp³-hybridized carbons (Fsp3) is 0.304. The molecule has 3 aromatic rings. The first-order valence-electron chi connectivity index (χ1n) is 10.3. The van der Waals surface area contributed by atoms with Crippen molar-refractivity contribution in [3.63, 3.8) is 0 Å². The molecule has 0 bridgehead atoms. The maximum absolute atomic E-state index is 12.5. The Bertz CT molecular complexity index is 1080. The molecule has 8 nitrogen and oxygen atoms in total. The molecule has 0 aliphatic heterocycles. The average Bonchev–Trinajstić information content (AvgIpc) is 3.18. The smallest absolute Gasteiger partial charge is 0.251 e. The van der Waals surface area contributed by atoms with Gasteiger partial charge in [-0.1, -0.05) is 36.9 Å². The lowest BCUT2D eigenvalue weighted by molar-refractivity contribution is -0.113. The van der Waals surface area contributed by atoms with Gasteiger partial charge in [0.05, 0.1) is 18.9 Å². The number of hydrogen-bond acceptors (Lipinski definition) is 6. The highest BCUT2D eigenvalue weighted by Crippen LogP contribution is 2.21. The highest BCUT2D eigenvalue weighted by atomic mass is 32.2. The van der Waals surface area contributed by atoms with Gasteiger partial charge in [0.25, 0.3) is 5.91 Å². The molecule has 0 unspecified atom stereocenters. The number of benzene rings is 2. The van der Waals surface area contributed by atoms with Gasteiger partial charge in [0.1, 0.15) is 5.75 Å². The fourth-order valence-corrected chi connectivity index (χ4v) is 3.90. The molecule has 1 aromatic heterocycles. The van der Waals surface area contributed by atoms with E-state index in [2.05, 4.69) is 27.8 Å². The first-order chi connectivity index (χ1) is 15.4. The molecule has 1 heterocycles. The minimum atomic E-state index is -0.360. The van der Waals surface area contributed by atoms with Gasteiger partial charge in [-0.05, 0) is 49.2 Å². The summed E-state index contributed by atoms with van der Waals surface area (Å²) in [6.45, 7) is 3.89. The second-order valence-corrected chi connectivity index (χ2v) is 8.11. The quantitative estimate of drug-likeness (QED) is 0.481. The second kappa shape index (κ2) is 10.8. The van der Waals surface area contributed by atoms with Crippen LogP contribution in [-0.2, 0) is 18.3 Å². The van der Waals surface area contributed by atoms with Gasteiger partial charge in [-0.15, -0.1) is 10.2 Å². The van der Waals surface area contributed by atoms with Crippen LogP contribution in [0.2, 0.25) is 0 Å². The van der Waals surface area contributed by atoms with Gasteiger partial charge >= 0.3 is 0 Å². The van der Waals surface area contributed by atoms with E-state index in [4.69, 9.17) is 4.74 Å². The van der Waals surface area contributed by atoms with Crippen molar-refractivity contribution in [2.45, 2.75) is 31.5 Å². The van der Waals surface area contributed by atoms with E-state index in [-0.39, 0.29) is 23.6 Å². The summed E-state index contributed by atoms with van der Waals surface area (Å²) in [5, 5.41) is 14.9. The predicted molar refractivity (Wildman–Crippen MR) is 125 cm³/mol. The SMILES string of the molecule is CCc1ccccc1NC(=O)CSc1nnc([C@@H](C)NC(=O)c2ccc(OC)cc2)n1C. The summed E-state index contributed by atoms with van der Waals surface area (Å²) >= 11 is 1.30. The molecule has 9 heteroatoms. The molecule has 0 spiro atoms. The van der Waals surface area contributed by atoms with Crippen LogP contribution in [0.4, 0.5) is 5.69 Å². The number of para-hydroxylation sites is 1. The molecule has 32 heavy (non-hydrogen) atoms. The Labute approximate surface area is 191 Å². The second-order valence-electron chi connectivity index (χ2n) is 7.17. The van der Waals surface area contributed by atoms with E-state index in [0.717, 1.165) is 17.7 Å². The zero-order valence-electron chi connectivity index (χ0n) is 18.6. The van der Waals surface area contributed by atoms with Crippen LogP contribution in [0.5, 0.6) is 5.75 Å². The van der Waals surface area contributed by atoms with E-state index >= 15 is 0 Å². The van der Waals surface area contributed by atoms with Crippen molar-refractivity contribution < 1.29 is 14.3 Å². The lowest BCUT2D eigenvalue weighted by atomic mass is 10.1. The van der Waals surface area contributed by atoms with Crippen LogP contribution < -0.4 is 15.4 Å². The minimum Gasteiger partial charge on any atom is -0.497 e. The number of anilines is 1. The van der Waals surface area contributed by atoms with E-state index in [9.17, 15) is 9.59 Å². The van der Waals surface area contributed by atoms with Crippen LogP contribution >= 0.6 is 11.8 Å². The third-order valence-electron chi connectivity index (χ3n) is 4.96. The summed E-state index contributed by atoms with van der Waals surface area (Å²) < 4.78 is 6.91. The molecular weight excluding hydrogens is 426 g/mol. The van der Waals surface area contributed by atoms with E-state index in [1.807, 2.05) is 38.2 Å². The van der Waals surface area contributed by atoms with Gasteiger partial charge in [0.2, 0.25) is 5.91 Å². The zero-order valence-corrected chi connectivity index (χ0v) is 19.4. The number of ether oxygens (including phenoxy) is 1. The van der Waals surface area contributed by atoms with Gasteiger partial charge in [0, 0.05) is 18.3 Å². The number of nitrogens with zero attached hydrogens (tertiary/aromatic N) is 3. The van der Waals surface area contributed by atoms with Crippen molar-refractivity contribution in [3.05, 3.63) is 65.5 Å². The van der Waals surface area contributed by atoms with Crippen LogP contribution in [-0.4, -0.2) is 39.4 Å². The number of amides is 2. The highest BCUT2D eigenvalue weighted by molar-refractivity contribution is 7.99. The van der Waals surface area contributed by atoms with E-state index in [1.54, 1.807) is 35.9 Å². The molecule has 2 N–H and O–H groups in total. The van der Waals surface area contributed by atoms with Gasteiger partial charge in [-0.25, -0.2) is 0 Å². The summed E-state index contributed by atoms with van der Waals surface area (Å²) in [6, 6.07) is 14.3.